The van der Waals surface area contributed by atoms with Gasteiger partial charge in [-0.05, 0) is 30.9 Å². The molecule has 0 unspecified atom stereocenters. The van der Waals surface area contributed by atoms with Crippen molar-refractivity contribution in [2.24, 2.45) is 0 Å². The number of hydrogen-bond acceptors (Lipinski definition) is 8. The third-order valence-electron chi connectivity index (χ3n) is 6.91. The summed E-state index contributed by atoms with van der Waals surface area (Å²) in [7, 11) is 0. The molecule has 2 bridgehead atoms. The molecule has 2 N–H and O–H groups in total. The number of ketones is 1. The van der Waals surface area contributed by atoms with Crippen LogP contribution in [0.4, 0.5) is 4.79 Å². The van der Waals surface area contributed by atoms with E-state index in [1.54, 1.807) is 6.07 Å². The normalized spacial score (nSPS) is 33.5. The highest BCUT2D eigenvalue weighted by Crippen LogP contribution is 2.65. The van der Waals surface area contributed by atoms with Gasteiger partial charge in [0.15, 0.2) is 23.4 Å². The molecule has 9 nitrogen and oxygen atoms in total. The average Bonchev–Trinajstić information content (AvgIpc) is 3.05. The van der Waals surface area contributed by atoms with Crippen molar-refractivity contribution in [3.63, 3.8) is 0 Å². The summed E-state index contributed by atoms with van der Waals surface area (Å²) < 4.78 is 18.3. The molecule has 30 heavy (non-hydrogen) atoms. The Hall–Kier alpha value is -1.92. The number of halogens is 1. The number of hydrogen-bond donors (Lipinski definition) is 2. The van der Waals surface area contributed by atoms with Gasteiger partial charge in [-0.3, -0.25) is 9.59 Å². The van der Waals surface area contributed by atoms with Crippen LogP contribution in [0, 0.1) is 0 Å². The molecule has 0 radical (unpaired) electrons. The molecule has 5 rings (SSSR count). The molecule has 1 saturated heterocycles. The number of carbonyl (C=O) groups is 3. The van der Waals surface area contributed by atoms with Crippen LogP contribution in [0.3, 0.4) is 0 Å². The predicted molar refractivity (Wildman–Crippen MR) is 109 cm³/mol. The van der Waals surface area contributed by atoms with E-state index >= 15 is 0 Å². The van der Waals surface area contributed by atoms with E-state index in [0.29, 0.717) is 31.6 Å². The van der Waals surface area contributed by atoms with Crippen LogP contribution < -0.4 is 9.47 Å². The summed E-state index contributed by atoms with van der Waals surface area (Å²) in [5.41, 5.74) is -0.224. The van der Waals surface area contributed by atoms with Gasteiger partial charge in [-0.2, -0.15) is 0 Å². The van der Waals surface area contributed by atoms with E-state index in [9.17, 15) is 19.5 Å². The molecule has 4 atom stereocenters. The summed E-state index contributed by atoms with van der Waals surface area (Å²) in [5, 5.41) is 20.5. The van der Waals surface area contributed by atoms with E-state index in [4.69, 9.17) is 19.3 Å². The second-order valence-corrected chi connectivity index (χ2v) is 9.46. The van der Waals surface area contributed by atoms with Gasteiger partial charge in [0, 0.05) is 41.4 Å². The number of carboxylic acids is 1. The Labute approximate surface area is 185 Å². The zero-order valence-electron chi connectivity index (χ0n) is 15.9. The van der Waals surface area contributed by atoms with E-state index in [1.807, 2.05) is 6.07 Å². The molecule has 1 aromatic rings. The van der Waals surface area contributed by atoms with E-state index < -0.39 is 29.2 Å². The maximum absolute atomic E-state index is 12.8. The Kier molecular flexibility index (Phi) is 4.53. The molecular weight excluding hydrogens is 509 g/mol. The number of rotatable bonds is 4. The lowest BCUT2D eigenvalue weighted by Crippen LogP contribution is -2.75. The highest BCUT2D eigenvalue weighted by atomic mass is 127. The van der Waals surface area contributed by atoms with Gasteiger partial charge < -0.3 is 24.4 Å². The number of aliphatic hydroxyl groups is 1. The van der Waals surface area contributed by atoms with Crippen molar-refractivity contribution >= 4 is 40.8 Å². The van der Waals surface area contributed by atoms with E-state index in [-0.39, 0.29) is 37.0 Å². The fourth-order valence-electron chi connectivity index (χ4n) is 5.69. The van der Waals surface area contributed by atoms with Crippen LogP contribution in [-0.4, -0.2) is 62.1 Å². The first kappa shape index (κ1) is 20.0. The molecule has 160 valence electrons. The monoisotopic (exact) mass is 529 g/mol. The van der Waals surface area contributed by atoms with Crippen LogP contribution in [0.15, 0.2) is 12.1 Å². The summed E-state index contributed by atoms with van der Waals surface area (Å²) in [5.74, 6) is -0.722. The number of piperidine rings is 1. The predicted octanol–water partition coefficient (Wildman–Crippen LogP) is 1.75. The molecule has 0 amide bonds. The number of aliphatic carboxylic acids is 1. The summed E-state index contributed by atoms with van der Waals surface area (Å²) in [6.07, 6.45) is -0.406. The lowest BCUT2D eigenvalue weighted by Gasteiger charge is -2.61. The molecule has 1 saturated carbocycles. The standard InChI is InChI=1S/C20H20INO8/c21-22-7-6-19-15-10-1-2-12(29-18(26)28-8-4-14(24)25)16(15)30-17(19)11(23)3-5-20(19,27)13(22)9-10/h1-2,13,17,27H,3-9H2,(H,24,25)/t13-,17+,19+,20-/m0/s1. The van der Waals surface area contributed by atoms with Crippen molar-refractivity contribution in [1.82, 2.24) is 3.11 Å². The Balaban J connectivity index is 1.55. The van der Waals surface area contributed by atoms with Gasteiger partial charge in [-0.1, -0.05) is 6.07 Å². The van der Waals surface area contributed by atoms with Gasteiger partial charge in [0.2, 0.25) is 0 Å². The molecule has 2 heterocycles. The maximum Gasteiger partial charge on any atom is 0.513 e. The summed E-state index contributed by atoms with van der Waals surface area (Å²) in [6.45, 7) is 0.398. The minimum atomic E-state index is -1.11. The Morgan fingerprint density at radius 3 is 2.90 bits per heavy atom. The van der Waals surface area contributed by atoms with Crippen molar-refractivity contribution in [2.45, 2.75) is 55.3 Å². The van der Waals surface area contributed by atoms with Crippen molar-refractivity contribution in [2.75, 3.05) is 13.2 Å². The van der Waals surface area contributed by atoms with Crippen LogP contribution in [-0.2, 0) is 26.2 Å². The van der Waals surface area contributed by atoms with E-state index in [0.717, 1.165) is 11.1 Å². The topological polar surface area (TPSA) is 123 Å². The summed E-state index contributed by atoms with van der Waals surface area (Å²) >= 11 is 2.25. The Bertz CT molecular complexity index is 966. The van der Waals surface area contributed by atoms with Gasteiger partial charge in [-0.25, -0.2) is 7.91 Å². The number of benzene rings is 1. The third-order valence-corrected chi connectivity index (χ3v) is 8.06. The fraction of sp³-hybridized carbons (Fsp3) is 0.550. The Morgan fingerprint density at radius 2 is 2.13 bits per heavy atom. The molecule has 0 aromatic heterocycles. The maximum atomic E-state index is 12.8. The average molecular weight is 529 g/mol. The van der Waals surface area contributed by atoms with Gasteiger partial charge in [0.1, 0.15) is 6.61 Å². The highest BCUT2D eigenvalue weighted by Gasteiger charge is 2.73. The first-order chi connectivity index (χ1) is 14.3. The second-order valence-electron chi connectivity index (χ2n) is 8.22. The fourth-order valence-corrected chi connectivity index (χ4v) is 6.59. The zero-order valence-corrected chi connectivity index (χ0v) is 18.1. The van der Waals surface area contributed by atoms with Crippen LogP contribution in [0.1, 0.15) is 36.8 Å². The molecule has 2 aliphatic carbocycles. The molecule has 1 aromatic carbocycles. The minimum Gasteiger partial charge on any atom is -0.481 e. The van der Waals surface area contributed by atoms with Gasteiger partial charge in [-0.15, -0.1) is 0 Å². The number of ether oxygens (including phenoxy) is 3. The molecule has 1 spiro atoms. The number of nitrogens with zero attached hydrogens (tertiary/aromatic N) is 1. The van der Waals surface area contributed by atoms with E-state index in [2.05, 4.69) is 26.0 Å². The first-order valence-corrected chi connectivity index (χ1v) is 10.8. The second kappa shape index (κ2) is 6.79. The van der Waals surface area contributed by atoms with Crippen molar-refractivity contribution in [1.29, 1.82) is 0 Å². The summed E-state index contributed by atoms with van der Waals surface area (Å²) in [4.78, 5) is 35.5. The smallest absolute Gasteiger partial charge is 0.481 e. The van der Waals surface area contributed by atoms with Crippen molar-refractivity contribution in [3.8, 4) is 11.5 Å². The minimum absolute atomic E-state index is 0.0561. The van der Waals surface area contributed by atoms with Crippen LogP contribution in [0.2, 0.25) is 0 Å². The van der Waals surface area contributed by atoms with Crippen LogP contribution >= 0.6 is 22.9 Å². The van der Waals surface area contributed by atoms with Gasteiger partial charge in [0.05, 0.1) is 23.5 Å². The number of Topliss-reactive ketones (excluding diaryl/α,β-unsaturated/α-hetero) is 1. The molecule has 2 aliphatic heterocycles. The number of carbonyl (C=O) groups excluding carboxylic acids is 2. The molecular formula is C20H20INO8. The first-order valence-electron chi connectivity index (χ1n) is 9.85. The third kappa shape index (κ3) is 2.56. The van der Waals surface area contributed by atoms with Crippen LogP contribution in [0.5, 0.6) is 11.5 Å². The van der Waals surface area contributed by atoms with Crippen molar-refractivity contribution < 1.29 is 38.8 Å². The lowest BCUT2D eigenvalue weighted by molar-refractivity contribution is -0.174. The largest absolute Gasteiger partial charge is 0.513 e. The summed E-state index contributed by atoms with van der Waals surface area (Å²) in [6, 6.07) is 3.31. The van der Waals surface area contributed by atoms with Crippen LogP contribution in [0.25, 0.3) is 0 Å². The van der Waals surface area contributed by atoms with Gasteiger partial charge in [0.25, 0.3) is 0 Å². The highest BCUT2D eigenvalue weighted by molar-refractivity contribution is 14.1. The molecule has 2 fully saturated rings. The SMILES string of the molecule is O=C(O)CCOC(=O)Oc1ccc2c3c1O[C@@H]1C(=O)CC[C@]4(O)[C@H](C2)N(I)CC[C@@]314. The zero-order chi connectivity index (χ0) is 21.3. The quantitative estimate of drug-likeness (QED) is 0.260. The van der Waals surface area contributed by atoms with E-state index in [1.165, 1.54) is 0 Å². The lowest BCUT2D eigenvalue weighted by atomic mass is 9.49. The Morgan fingerprint density at radius 1 is 1.33 bits per heavy atom. The van der Waals surface area contributed by atoms with Crippen molar-refractivity contribution in [3.05, 3.63) is 23.3 Å². The molecule has 4 aliphatic rings. The number of carboxylic acid groups (broad SMARTS) is 1. The molecule has 10 heteroatoms. The van der Waals surface area contributed by atoms with Gasteiger partial charge >= 0.3 is 12.1 Å².